The standard InChI is InChI=1S/C16H15Br2N3O3/c1-19-15(22)13-4-3-12(24-2)8-14(13)21-16(23)20-11-6-9(17)5-10(18)7-11/h3-8H,1-2H3,(H,19,22)(H2,20,21,23). The molecule has 0 spiro atoms. The van der Waals surface area contributed by atoms with Crippen LogP contribution in [-0.2, 0) is 0 Å². The highest BCUT2D eigenvalue weighted by molar-refractivity contribution is 9.11. The summed E-state index contributed by atoms with van der Waals surface area (Å²) in [6.45, 7) is 0. The Bertz CT molecular complexity index is 761. The number of ether oxygens (including phenoxy) is 1. The van der Waals surface area contributed by atoms with E-state index in [-0.39, 0.29) is 5.91 Å². The van der Waals surface area contributed by atoms with Gasteiger partial charge in [0.1, 0.15) is 5.75 Å². The fourth-order valence-electron chi connectivity index (χ4n) is 2.00. The summed E-state index contributed by atoms with van der Waals surface area (Å²) in [7, 11) is 3.03. The van der Waals surface area contributed by atoms with Crippen LogP contribution in [0.3, 0.4) is 0 Å². The number of carbonyl (C=O) groups excluding carboxylic acids is 2. The molecule has 0 aliphatic rings. The van der Waals surface area contributed by atoms with E-state index < -0.39 is 6.03 Å². The minimum Gasteiger partial charge on any atom is -0.497 e. The van der Waals surface area contributed by atoms with Crippen LogP contribution in [0.1, 0.15) is 10.4 Å². The predicted molar refractivity (Wildman–Crippen MR) is 101 cm³/mol. The number of rotatable bonds is 4. The number of nitrogens with one attached hydrogen (secondary N) is 3. The minimum atomic E-state index is -0.474. The molecule has 0 aliphatic carbocycles. The van der Waals surface area contributed by atoms with Crippen molar-refractivity contribution < 1.29 is 14.3 Å². The maximum Gasteiger partial charge on any atom is 0.323 e. The molecule has 3 N–H and O–H groups in total. The Hall–Kier alpha value is -2.06. The Morgan fingerprint density at radius 2 is 1.67 bits per heavy atom. The lowest BCUT2D eigenvalue weighted by molar-refractivity contribution is 0.0964. The van der Waals surface area contributed by atoms with Crippen molar-refractivity contribution in [3.8, 4) is 5.75 Å². The van der Waals surface area contributed by atoms with Gasteiger partial charge in [0.15, 0.2) is 0 Å². The highest BCUT2D eigenvalue weighted by atomic mass is 79.9. The zero-order valence-electron chi connectivity index (χ0n) is 12.9. The van der Waals surface area contributed by atoms with Crippen LogP contribution in [-0.4, -0.2) is 26.1 Å². The summed E-state index contributed by atoms with van der Waals surface area (Å²) in [6.07, 6.45) is 0. The molecule has 126 valence electrons. The number of hydrogen-bond donors (Lipinski definition) is 3. The highest BCUT2D eigenvalue weighted by Gasteiger charge is 2.14. The average molecular weight is 457 g/mol. The largest absolute Gasteiger partial charge is 0.497 e. The van der Waals surface area contributed by atoms with Gasteiger partial charge in [-0.05, 0) is 30.3 Å². The van der Waals surface area contributed by atoms with E-state index in [1.54, 1.807) is 30.3 Å². The molecule has 0 saturated carbocycles. The molecule has 6 nitrogen and oxygen atoms in total. The second-order valence-electron chi connectivity index (χ2n) is 4.73. The molecule has 2 rings (SSSR count). The van der Waals surface area contributed by atoms with Gasteiger partial charge in [0, 0.05) is 27.7 Å². The van der Waals surface area contributed by atoms with Gasteiger partial charge < -0.3 is 20.7 Å². The summed E-state index contributed by atoms with van der Waals surface area (Å²) in [5.41, 5.74) is 1.28. The van der Waals surface area contributed by atoms with Crippen LogP contribution in [0.15, 0.2) is 45.3 Å². The SMILES string of the molecule is CNC(=O)c1ccc(OC)cc1NC(=O)Nc1cc(Br)cc(Br)c1. The number of urea groups is 1. The average Bonchev–Trinajstić information content (AvgIpc) is 2.52. The first-order valence-corrected chi connectivity index (χ1v) is 8.45. The Morgan fingerprint density at radius 3 is 2.25 bits per heavy atom. The lowest BCUT2D eigenvalue weighted by atomic mass is 10.1. The summed E-state index contributed by atoms with van der Waals surface area (Å²) >= 11 is 6.71. The molecule has 0 saturated heterocycles. The second-order valence-corrected chi connectivity index (χ2v) is 6.56. The molecular weight excluding hydrogens is 442 g/mol. The van der Waals surface area contributed by atoms with Crippen LogP contribution in [0.25, 0.3) is 0 Å². The van der Waals surface area contributed by atoms with Gasteiger partial charge in [-0.1, -0.05) is 31.9 Å². The van der Waals surface area contributed by atoms with Crippen LogP contribution in [0.4, 0.5) is 16.2 Å². The summed E-state index contributed by atoms with van der Waals surface area (Å²) in [5.74, 6) is 0.223. The number of benzene rings is 2. The fraction of sp³-hybridized carbons (Fsp3) is 0.125. The van der Waals surface area contributed by atoms with E-state index in [4.69, 9.17) is 4.74 Å². The van der Waals surface area contributed by atoms with Crippen LogP contribution in [0, 0.1) is 0 Å². The first-order chi connectivity index (χ1) is 11.4. The zero-order chi connectivity index (χ0) is 17.7. The van der Waals surface area contributed by atoms with Crippen LogP contribution in [0.5, 0.6) is 5.75 Å². The summed E-state index contributed by atoms with van der Waals surface area (Å²) in [5, 5.41) is 7.91. The van der Waals surface area contributed by atoms with Crippen molar-refractivity contribution in [1.82, 2.24) is 5.32 Å². The van der Waals surface area contributed by atoms with Gasteiger partial charge in [-0.15, -0.1) is 0 Å². The van der Waals surface area contributed by atoms with Gasteiger partial charge in [0.25, 0.3) is 5.91 Å². The van der Waals surface area contributed by atoms with Crippen LogP contribution in [0.2, 0.25) is 0 Å². The number of anilines is 2. The van der Waals surface area contributed by atoms with E-state index in [0.717, 1.165) is 8.95 Å². The first-order valence-electron chi connectivity index (χ1n) is 6.87. The number of carbonyl (C=O) groups is 2. The Morgan fingerprint density at radius 1 is 1.00 bits per heavy atom. The number of hydrogen-bond acceptors (Lipinski definition) is 3. The smallest absolute Gasteiger partial charge is 0.323 e. The minimum absolute atomic E-state index is 0.307. The lowest BCUT2D eigenvalue weighted by Crippen LogP contribution is -2.24. The monoisotopic (exact) mass is 455 g/mol. The van der Waals surface area contributed by atoms with Gasteiger partial charge in [-0.2, -0.15) is 0 Å². The van der Waals surface area contributed by atoms with Gasteiger partial charge in [0.05, 0.1) is 18.4 Å². The molecule has 24 heavy (non-hydrogen) atoms. The summed E-state index contributed by atoms with van der Waals surface area (Å²) in [4.78, 5) is 24.2. The number of amides is 3. The molecule has 3 amide bonds. The molecule has 2 aromatic carbocycles. The van der Waals surface area contributed by atoms with Crippen LogP contribution < -0.4 is 20.7 Å². The first kappa shape index (κ1) is 18.3. The molecule has 2 aromatic rings. The fourth-order valence-corrected chi connectivity index (χ4v) is 3.29. The molecule has 0 aliphatic heterocycles. The lowest BCUT2D eigenvalue weighted by Gasteiger charge is -2.13. The van der Waals surface area contributed by atoms with Crippen molar-refractivity contribution in [3.05, 3.63) is 50.9 Å². The van der Waals surface area contributed by atoms with Crippen molar-refractivity contribution in [2.24, 2.45) is 0 Å². The Labute approximate surface area is 156 Å². The Kier molecular flexibility index (Phi) is 6.22. The van der Waals surface area contributed by atoms with Crippen molar-refractivity contribution >= 4 is 55.2 Å². The van der Waals surface area contributed by atoms with E-state index in [2.05, 4.69) is 47.8 Å². The maximum atomic E-state index is 12.2. The van der Waals surface area contributed by atoms with E-state index >= 15 is 0 Å². The molecule has 0 aromatic heterocycles. The molecule has 0 unspecified atom stereocenters. The Balaban J connectivity index is 2.22. The third-order valence-corrected chi connectivity index (χ3v) is 3.98. The molecule has 8 heteroatoms. The van der Waals surface area contributed by atoms with E-state index in [1.807, 2.05) is 6.07 Å². The number of methoxy groups -OCH3 is 1. The third kappa shape index (κ3) is 4.72. The van der Waals surface area contributed by atoms with Crippen LogP contribution >= 0.6 is 31.9 Å². The normalized spacial score (nSPS) is 10.0. The molecular formula is C16H15Br2N3O3. The molecule has 0 atom stereocenters. The van der Waals surface area contributed by atoms with Crippen molar-refractivity contribution in [2.75, 3.05) is 24.8 Å². The molecule has 0 radical (unpaired) electrons. The van der Waals surface area contributed by atoms with Gasteiger partial charge in [-0.3, -0.25) is 4.79 Å². The van der Waals surface area contributed by atoms with Gasteiger partial charge >= 0.3 is 6.03 Å². The second kappa shape index (κ2) is 8.16. The van der Waals surface area contributed by atoms with Gasteiger partial charge in [0.2, 0.25) is 0 Å². The quantitative estimate of drug-likeness (QED) is 0.644. The predicted octanol–water partition coefficient (Wildman–Crippen LogP) is 4.22. The topological polar surface area (TPSA) is 79.5 Å². The third-order valence-electron chi connectivity index (χ3n) is 3.07. The van der Waals surface area contributed by atoms with E-state index in [9.17, 15) is 9.59 Å². The zero-order valence-corrected chi connectivity index (χ0v) is 16.1. The molecule has 0 bridgehead atoms. The van der Waals surface area contributed by atoms with Crippen molar-refractivity contribution in [2.45, 2.75) is 0 Å². The maximum absolute atomic E-state index is 12.2. The van der Waals surface area contributed by atoms with Gasteiger partial charge in [-0.25, -0.2) is 4.79 Å². The van der Waals surface area contributed by atoms with E-state index in [0.29, 0.717) is 22.7 Å². The summed E-state index contributed by atoms with van der Waals surface area (Å²) < 4.78 is 6.78. The van der Waals surface area contributed by atoms with Crippen molar-refractivity contribution in [3.63, 3.8) is 0 Å². The van der Waals surface area contributed by atoms with E-state index in [1.165, 1.54) is 14.2 Å². The molecule has 0 fully saturated rings. The van der Waals surface area contributed by atoms with Crippen molar-refractivity contribution in [1.29, 1.82) is 0 Å². The number of halogens is 2. The summed E-state index contributed by atoms with van der Waals surface area (Å²) in [6, 6.07) is 9.72. The molecule has 0 heterocycles. The highest BCUT2D eigenvalue weighted by Crippen LogP contribution is 2.25.